The lowest BCUT2D eigenvalue weighted by Crippen LogP contribution is -2.46. The fourth-order valence-corrected chi connectivity index (χ4v) is 4.26. The van der Waals surface area contributed by atoms with E-state index in [0.29, 0.717) is 6.42 Å². The van der Waals surface area contributed by atoms with Gasteiger partial charge in [0.15, 0.2) is 0 Å². The smallest absolute Gasteiger partial charge is 0.407 e. The standard InChI is InChI=1S/C26H25NO5/c28-24(15-25(29)30)23(14-17-8-2-1-3-9-17)27-26(31)32-16-22-20-12-6-4-10-18(20)19-11-5-7-13-21(19)22/h1-13,22-24,28H,14-16H2,(H,27,31)(H,29,30). The molecule has 0 bridgehead atoms. The van der Waals surface area contributed by atoms with Gasteiger partial charge in [-0.05, 0) is 34.2 Å². The summed E-state index contributed by atoms with van der Waals surface area (Å²) >= 11 is 0. The highest BCUT2D eigenvalue weighted by molar-refractivity contribution is 5.79. The van der Waals surface area contributed by atoms with Gasteiger partial charge in [0.05, 0.1) is 18.6 Å². The van der Waals surface area contributed by atoms with Crippen molar-refractivity contribution >= 4 is 12.1 Å². The molecule has 3 aromatic carbocycles. The molecule has 0 spiro atoms. The van der Waals surface area contributed by atoms with Crippen LogP contribution in [0.2, 0.25) is 0 Å². The summed E-state index contributed by atoms with van der Waals surface area (Å²) < 4.78 is 5.55. The number of carbonyl (C=O) groups excluding carboxylic acids is 1. The molecule has 0 aliphatic heterocycles. The fraction of sp³-hybridized carbons (Fsp3) is 0.231. The number of carbonyl (C=O) groups is 2. The van der Waals surface area contributed by atoms with Crippen molar-refractivity contribution in [3.63, 3.8) is 0 Å². The van der Waals surface area contributed by atoms with E-state index in [9.17, 15) is 14.7 Å². The third-order valence-electron chi connectivity index (χ3n) is 5.79. The van der Waals surface area contributed by atoms with E-state index in [2.05, 4.69) is 17.4 Å². The molecule has 0 aromatic heterocycles. The first kappa shape index (κ1) is 21.6. The van der Waals surface area contributed by atoms with Crippen LogP contribution in [0.1, 0.15) is 29.0 Å². The highest BCUT2D eigenvalue weighted by atomic mass is 16.5. The molecule has 6 nitrogen and oxygen atoms in total. The molecular formula is C26H25NO5. The summed E-state index contributed by atoms with van der Waals surface area (Å²) in [6.45, 7) is 0.146. The number of carboxylic acids is 1. The number of hydrogen-bond acceptors (Lipinski definition) is 4. The molecule has 2 atom stereocenters. The second-order valence-corrected chi connectivity index (χ2v) is 7.93. The van der Waals surface area contributed by atoms with Crippen molar-refractivity contribution in [3.05, 3.63) is 95.6 Å². The van der Waals surface area contributed by atoms with Gasteiger partial charge in [-0.1, -0.05) is 78.9 Å². The Balaban J connectivity index is 1.45. The van der Waals surface area contributed by atoms with Crippen molar-refractivity contribution in [3.8, 4) is 11.1 Å². The van der Waals surface area contributed by atoms with E-state index in [0.717, 1.165) is 27.8 Å². The van der Waals surface area contributed by atoms with Crippen LogP contribution >= 0.6 is 0 Å². The van der Waals surface area contributed by atoms with Gasteiger partial charge in [0.2, 0.25) is 0 Å². The van der Waals surface area contributed by atoms with Gasteiger partial charge in [-0.25, -0.2) is 4.79 Å². The Morgan fingerprint density at radius 3 is 2.03 bits per heavy atom. The van der Waals surface area contributed by atoms with Gasteiger partial charge in [-0.15, -0.1) is 0 Å². The Morgan fingerprint density at radius 1 is 0.875 bits per heavy atom. The molecule has 0 saturated heterocycles. The zero-order valence-electron chi connectivity index (χ0n) is 17.5. The van der Waals surface area contributed by atoms with Crippen LogP contribution in [0.4, 0.5) is 4.79 Å². The van der Waals surface area contributed by atoms with Gasteiger partial charge < -0.3 is 20.3 Å². The van der Waals surface area contributed by atoms with Crippen LogP contribution in [-0.2, 0) is 16.0 Å². The van der Waals surface area contributed by atoms with Gasteiger partial charge in [0.1, 0.15) is 6.61 Å². The third-order valence-corrected chi connectivity index (χ3v) is 5.79. The Kier molecular flexibility index (Phi) is 6.52. The second-order valence-electron chi connectivity index (χ2n) is 7.93. The number of carboxylic acid groups (broad SMARTS) is 1. The number of rotatable bonds is 8. The van der Waals surface area contributed by atoms with E-state index in [1.807, 2.05) is 66.7 Å². The van der Waals surface area contributed by atoms with Gasteiger partial charge in [0.25, 0.3) is 0 Å². The molecular weight excluding hydrogens is 406 g/mol. The summed E-state index contributed by atoms with van der Waals surface area (Å²) in [5, 5.41) is 22.1. The van der Waals surface area contributed by atoms with Crippen LogP contribution in [-0.4, -0.2) is 41.0 Å². The van der Waals surface area contributed by atoms with Crippen molar-refractivity contribution in [2.75, 3.05) is 6.61 Å². The van der Waals surface area contributed by atoms with E-state index in [1.54, 1.807) is 0 Å². The summed E-state index contributed by atoms with van der Waals surface area (Å²) in [7, 11) is 0. The molecule has 0 saturated carbocycles. The number of aliphatic hydroxyl groups excluding tert-OH is 1. The lowest BCUT2D eigenvalue weighted by molar-refractivity contribution is -0.139. The minimum absolute atomic E-state index is 0.0790. The number of hydrogen-bond donors (Lipinski definition) is 3. The lowest BCUT2D eigenvalue weighted by Gasteiger charge is -2.24. The summed E-state index contributed by atoms with van der Waals surface area (Å²) in [6.07, 6.45) is -2.11. The van der Waals surface area contributed by atoms with Crippen LogP contribution in [0, 0.1) is 0 Å². The molecule has 2 unspecified atom stereocenters. The van der Waals surface area contributed by atoms with E-state index in [4.69, 9.17) is 9.84 Å². The Hall–Kier alpha value is -3.64. The maximum Gasteiger partial charge on any atom is 0.407 e. The fourth-order valence-electron chi connectivity index (χ4n) is 4.26. The molecule has 32 heavy (non-hydrogen) atoms. The number of amides is 1. The van der Waals surface area contributed by atoms with Gasteiger partial charge in [-0.2, -0.15) is 0 Å². The maximum atomic E-state index is 12.6. The quantitative estimate of drug-likeness (QED) is 0.502. The monoisotopic (exact) mass is 431 g/mol. The minimum atomic E-state index is -1.24. The normalized spacial score (nSPS) is 14.2. The topological polar surface area (TPSA) is 95.9 Å². The molecule has 1 aliphatic rings. The lowest BCUT2D eigenvalue weighted by atomic mass is 9.98. The van der Waals surface area contributed by atoms with Crippen LogP contribution in [0.25, 0.3) is 11.1 Å². The van der Waals surface area contributed by atoms with E-state index in [1.165, 1.54) is 0 Å². The molecule has 4 rings (SSSR count). The number of nitrogens with one attached hydrogen (secondary N) is 1. The largest absolute Gasteiger partial charge is 0.481 e. The number of benzene rings is 3. The average molecular weight is 431 g/mol. The number of fused-ring (bicyclic) bond motifs is 3. The van der Waals surface area contributed by atoms with Crippen LogP contribution < -0.4 is 5.32 Å². The van der Waals surface area contributed by atoms with Crippen molar-refractivity contribution in [2.24, 2.45) is 0 Å². The third kappa shape index (κ3) is 4.81. The molecule has 164 valence electrons. The maximum absolute atomic E-state index is 12.6. The van der Waals surface area contributed by atoms with Gasteiger partial charge in [-0.3, -0.25) is 4.79 Å². The molecule has 0 radical (unpaired) electrons. The highest BCUT2D eigenvalue weighted by Crippen LogP contribution is 2.44. The Morgan fingerprint density at radius 2 is 1.44 bits per heavy atom. The van der Waals surface area contributed by atoms with Crippen molar-refractivity contribution < 1.29 is 24.5 Å². The average Bonchev–Trinajstić information content (AvgIpc) is 3.11. The van der Waals surface area contributed by atoms with Gasteiger partial charge in [0, 0.05) is 5.92 Å². The SMILES string of the molecule is O=C(O)CC(O)C(Cc1ccccc1)NC(=O)OCC1c2ccccc2-c2ccccc21. The van der Waals surface area contributed by atoms with E-state index < -0.39 is 30.6 Å². The molecule has 3 N–H and O–H groups in total. The predicted octanol–water partition coefficient (Wildman–Crippen LogP) is 3.97. The first-order chi connectivity index (χ1) is 15.5. The second kappa shape index (κ2) is 9.66. The van der Waals surface area contributed by atoms with Crippen LogP contribution in [0.15, 0.2) is 78.9 Å². The summed E-state index contributed by atoms with van der Waals surface area (Å²) in [4.78, 5) is 23.7. The number of aliphatic hydroxyl groups is 1. The first-order valence-electron chi connectivity index (χ1n) is 10.6. The number of aliphatic carboxylic acids is 1. The zero-order valence-corrected chi connectivity index (χ0v) is 17.5. The molecule has 0 heterocycles. The van der Waals surface area contributed by atoms with Crippen LogP contribution in [0.3, 0.4) is 0 Å². The van der Waals surface area contributed by atoms with E-state index >= 15 is 0 Å². The zero-order chi connectivity index (χ0) is 22.5. The Labute approximate surface area is 186 Å². The van der Waals surface area contributed by atoms with Crippen LogP contribution in [0.5, 0.6) is 0 Å². The molecule has 1 aliphatic carbocycles. The predicted molar refractivity (Wildman–Crippen MR) is 120 cm³/mol. The van der Waals surface area contributed by atoms with E-state index in [-0.39, 0.29) is 12.5 Å². The molecule has 1 amide bonds. The summed E-state index contributed by atoms with van der Waals surface area (Å²) in [5.74, 6) is -1.21. The van der Waals surface area contributed by atoms with Crippen molar-refractivity contribution in [1.29, 1.82) is 0 Å². The molecule has 0 fully saturated rings. The van der Waals surface area contributed by atoms with Gasteiger partial charge >= 0.3 is 12.1 Å². The molecule has 3 aromatic rings. The highest BCUT2D eigenvalue weighted by Gasteiger charge is 2.30. The Bertz CT molecular complexity index is 1050. The minimum Gasteiger partial charge on any atom is -0.481 e. The first-order valence-corrected chi connectivity index (χ1v) is 10.6. The van der Waals surface area contributed by atoms with Crippen molar-refractivity contribution in [1.82, 2.24) is 5.32 Å². The number of alkyl carbamates (subject to hydrolysis) is 1. The summed E-state index contributed by atoms with van der Waals surface area (Å²) in [5.41, 5.74) is 5.36. The number of ether oxygens (including phenoxy) is 1. The van der Waals surface area contributed by atoms with Crippen molar-refractivity contribution in [2.45, 2.75) is 30.9 Å². The summed E-state index contributed by atoms with van der Waals surface area (Å²) in [6, 6.07) is 24.6. The molecule has 6 heteroatoms.